The first-order valence-electron chi connectivity index (χ1n) is 11.4. The van der Waals surface area contributed by atoms with E-state index in [9.17, 15) is 14.7 Å². The van der Waals surface area contributed by atoms with E-state index >= 15 is 0 Å². The number of methoxy groups -OCH3 is 1. The number of benzene rings is 1. The predicted octanol–water partition coefficient (Wildman–Crippen LogP) is 2.85. The number of hydrogen-bond donors (Lipinski definition) is 1. The van der Waals surface area contributed by atoms with Crippen LogP contribution in [0.1, 0.15) is 35.1 Å². The maximum atomic E-state index is 13.2. The van der Waals surface area contributed by atoms with Crippen molar-refractivity contribution >= 4 is 5.91 Å². The van der Waals surface area contributed by atoms with Crippen LogP contribution in [0.25, 0.3) is 0 Å². The Morgan fingerprint density at radius 2 is 1.97 bits per heavy atom. The zero-order valence-corrected chi connectivity index (χ0v) is 19.5. The van der Waals surface area contributed by atoms with Crippen LogP contribution in [-0.4, -0.2) is 54.3 Å². The van der Waals surface area contributed by atoms with E-state index in [-0.39, 0.29) is 37.1 Å². The summed E-state index contributed by atoms with van der Waals surface area (Å²) in [6, 6.07) is 14.0. The van der Waals surface area contributed by atoms with Gasteiger partial charge in [-0.25, -0.2) is 0 Å². The Labute approximate surface area is 202 Å². The van der Waals surface area contributed by atoms with Gasteiger partial charge in [0, 0.05) is 38.9 Å². The molecule has 1 N–H and O–H groups in total. The molecule has 0 spiro atoms. The molecule has 1 amide bonds. The van der Waals surface area contributed by atoms with E-state index in [1.165, 1.54) is 13.2 Å². The summed E-state index contributed by atoms with van der Waals surface area (Å²) in [5.74, 6) is -0.522. The molecule has 1 atom stereocenters. The summed E-state index contributed by atoms with van der Waals surface area (Å²) < 4.78 is 22.2. The van der Waals surface area contributed by atoms with Crippen LogP contribution >= 0.6 is 0 Å². The number of hydrogen-bond acceptors (Lipinski definition) is 8. The van der Waals surface area contributed by atoms with Gasteiger partial charge in [0.25, 0.3) is 0 Å². The van der Waals surface area contributed by atoms with Crippen molar-refractivity contribution in [1.29, 1.82) is 0 Å². The van der Waals surface area contributed by atoms with Gasteiger partial charge < -0.3 is 28.6 Å². The number of nitrogens with zero attached hydrogens (tertiary/aromatic N) is 2. The fourth-order valence-electron chi connectivity index (χ4n) is 3.94. The number of morpholine rings is 1. The lowest BCUT2D eigenvalue weighted by atomic mass is 9.91. The molecule has 0 unspecified atom stereocenters. The first-order valence-corrected chi connectivity index (χ1v) is 11.4. The Kier molecular flexibility index (Phi) is 8.12. The first kappa shape index (κ1) is 24.4. The Bertz CT molecular complexity index is 1190. The minimum atomic E-state index is -0.715. The van der Waals surface area contributed by atoms with Crippen LogP contribution in [0.4, 0.5) is 0 Å². The van der Waals surface area contributed by atoms with E-state index in [1.54, 1.807) is 29.3 Å². The first-order chi connectivity index (χ1) is 17.0. The number of carbonyl (C=O) groups excluding carboxylic acids is 1. The summed E-state index contributed by atoms with van der Waals surface area (Å²) >= 11 is 0. The smallest absolute Gasteiger partial charge is 0.227 e. The van der Waals surface area contributed by atoms with Crippen molar-refractivity contribution in [2.45, 2.75) is 25.6 Å². The molecule has 0 radical (unpaired) electrons. The fourth-order valence-corrected chi connectivity index (χ4v) is 3.94. The molecule has 0 aliphatic carbocycles. The highest BCUT2D eigenvalue weighted by molar-refractivity contribution is 5.78. The third kappa shape index (κ3) is 6.26. The standard InChI is InChI=1S/C26H28N2O7/c1-32-17-21-14-23(29)25(31)26(35-21)22(15-24(30)28-9-11-33-12-10-28)18-5-4-7-20(13-18)34-16-19-6-2-3-8-27-19/h2-8,13-14,22,31H,9-12,15-17H2,1H3/t22-/m1/s1. The molecule has 184 valence electrons. The number of ether oxygens (including phenoxy) is 3. The molecular weight excluding hydrogens is 452 g/mol. The van der Waals surface area contributed by atoms with E-state index in [1.807, 2.05) is 24.3 Å². The predicted molar refractivity (Wildman–Crippen MR) is 126 cm³/mol. The SMILES string of the molecule is COCc1cc(=O)c(O)c([C@H](CC(=O)N2CCOCC2)c2cccc(OCc3ccccn3)c2)o1. The van der Waals surface area contributed by atoms with Gasteiger partial charge in [-0.2, -0.15) is 0 Å². The van der Waals surface area contributed by atoms with E-state index in [4.69, 9.17) is 18.6 Å². The summed E-state index contributed by atoms with van der Waals surface area (Å²) in [5.41, 5.74) is 0.843. The second kappa shape index (κ2) is 11.6. The molecule has 1 aromatic carbocycles. The molecule has 1 saturated heterocycles. The molecule has 1 aliphatic rings. The third-order valence-corrected chi connectivity index (χ3v) is 5.72. The molecule has 1 aliphatic heterocycles. The van der Waals surface area contributed by atoms with Crippen molar-refractivity contribution in [3.63, 3.8) is 0 Å². The molecule has 0 saturated carbocycles. The van der Waals surface area contributed by atoms with Gasteiger partial charge in [-0.05, 0) is 29.8 Å². The highest BCUT2D eigenvalue weighted by atomic mass is 16.5. The van der Waals surface area contributed by atoms with Gasteiger partial charge in [0.2, 0.25) is 17.1 Å². The van der Waals surface area contributed by atoms with Crippen LogP contribution < -0.4 is 10.2 Å². The minimum Gasteiger partial charge on any atom is -0.502 e. The van der Waals surface area contributed by atoms with Crippen LogP contribution in [-0.2, 0) is 27.5 Å². The monoisotopic (exact) mass is 480 g/mol. The summed E-state index contributed by atoms with van der Waals surface area (Å²) in [6.45, 7) is 2.23. The number of amides is 1. The molecule has 3 aromatic rings. The Balaban J connectivity index is 1.66. The molecule has 0 bridgehead atoms. The van der Waals surface area contributed by atoms with Gasteiger partial charge >= 0.3 is 0 Å². The zero-order valence-electron chi connectivity index (χ0n) is 19.5. The van der Waals surface area contributed by atoms with Crippen LogP contribution in [0.3, 0.4) is 0 Å². The average Bonchev–Trinajstić information content (AvgIpc) is 2.89. The fraction of sp³-hybridized carbons (Fsp3) is 0.346. The van der Waals surface area contributed by atoms with Gasteiger partial charge in [-0.1, -0.05) is 18.2 Å². The van der Waals surface area contributed by atoms with Gasteiger partial charge in [0.1, 0.15) is 24.7 Å². The Morgan fingerprint density at radius 1 is 1.14 bits per heavy atom. The average molecular weight is 481 g/mol. The number of aromatic nitrogens is 1. The van der Waals surface area contributed by atoms with E-state index in [0.29, 0.717) is 37.6 Å². The number of pyridine rings is 1. The lowest BCUT2D eigenvalue weighted by Gasteiger charge is -2.28. The molecule has 1 fully saturated rings. The third-order valence-electron chi connectivity index (χ3n) is 5.72. The minimum absolute atomic E-state index is 0.00334. The van der Waals surface area contributed by atoms with Crippen molar-refractivity contribution in [3.8, 4) is 11.5 Å². The van der Waals surface area contributed by atoms with E-state index in [0.717, 1.165) is 5.69 Å². The molecule has 3 heterocycles. The number of aromatic hydroxyl groups is 1. The zero-order chi connectivity index (χ0) is 24.6. The maximum absolute atomic E-state index is 13.2. The number of carbonyl (C=O) groups is 1. The Hall–Kier alpha value is -3.69. The normalized spacial score (nSPS) is 14.5. The van der Waals surface area contributed by atoms with Gasteiger partial charge in [0.15, 0.2) is 5.76 Å². The van der Waals surface area contributed by atoms with Crippen LogP contribution in [0, 0.1) is 0 Å². The van der Waals surface area contributed by atoms with Crippen molar-refractivity contribution in [1.82, 2.24) is 9.88 Å². The van der Waals surface area contributed by atoms with Crippen molar-refractivity contribution in [2.75, 3.05) is 33.4 Å². The van der Waals surface area contributed by atoms with Gasteiger partial charge in [0.05, 0.1) is 24.8 Å². The van der Waals surface area contributed by atoms with E-state index in [2.05, 4.69) is 4.98 Å². The van der Waals surface area contributed by atoms with Crippen LogP contribution in [0.5, 0.6) is 11.5 Å². The molecular formula is C26H28N2O7. The second-order valence-electron chi connectivity index (χ2n) is 8.15. The maximum Gasteiger partial charge on any atom is 0.227 e. The highest BCUT2D eigenvalue weighted by Crippen LogP contribution is 2.35. The highest BCUT2D eigenvalue weighted by Gasteiger charge is 2.29. The second-order valence-corrected chi connectivity index (χ2v) is 8.15. The quantitative estimate of drug-likeness (QED) is 0.498. The molecule has 2 aromatic heterocycles. The van der Waals surface area contributed by atoms with Crippen molar-refractivity contribution < 1.29 is 28.5 Å². The lowest BCUT2D eigenvalue weighted by molar-refractivity contribution is -0.135. The van der Waals surface area contributed by atoms with Crippen molar-refractivity contribution in [2.24, 2.45) is 0 Å². The van der Waals surface area contributed by atoms with Crippen LogP contribution in [0.2, 0.25) is 0 Å². The Morgan fingerprint density at radius 3 is 2.71 bits per heavy atom. The summed E-state index contributed by atoms with van der Waals surface area (Å²) in [7, 11) is 1.48. The van der Waals surface area contributed by atoms with Gasteiger partial charge in [-0.3, -0.25) is 14.6 Å². The summed E-state index contributed by atoms with van der Waals surface area (Å²) in [4.78, 5) is 31.6. The molecule has 4 rings (SSSR count). The summed E-state index contributed by atoms with van der Waals surface area (Å²) in [5, 5.41) is 10.6. The molecule has 9 nitrogen and oxygen atoms in total. The van der Waals surface area contributed by atoms with Crippen molar-refractivity contribution in [3.05, 3.63) is 87.7 Å². The van der Waals surface area contributed by atoms with Gasteiger partial charge in [-0.15, -0.1) is 0 Å². The molecule has 9 heteroatoms. The summed E-state index contributed by atoms with van der Waals surface area (Å²) in [6.07, 6.45) is 1.69. The van der Waals surface area contributed by atoms with Crippen LogP contribution in [0.15, 0.2) is 63.9 Å². The number of rotatable bonds is 9. The lowest BCUT2D eigenvalue weighted by Crippen LogP contribution is -2.41. The largest absolute Gasteiger partial charge is 0.502 e. The topological polar surface area (TPSA) is 111 Å². The van der Waals surface area contributed by atoms with E-state index < -0.39 is 17.1 Å². The molecule has 35 heavy (non-hydrogen) atoms.